The summed E-state index contributed by atoms with van der Waals surface area (Å²) in [6, 6.07) is 9.71. The second-order valence-electron chi connectivity index (χ2n) is 4.43. The van der Waals surface area contributed by atoms with Crippen LogP contribution in [0.5, 0.6) is 0 Å². The minimum Gasteiger partial charge on any atom is -0.466 e. The molecule has 2 aromatic rings. The Kier molecular flexibility index (Phi) is 4.05. The molecule has 2 rings (SSSR count). The molecule has 2 N–H and O–H groups in total. The second kappa shape index (κ2) is 5.92. The van der Waals surface area contributed by atoms with Gasteiger partial charge in [0.25, 0.3) is 11.8 Å². The topological polar surface area (TPSA) is 95.1 Å². The molecule has 0 atom stereocenters. The molecule has 0 aliphatic heterocycles. The highest BCUT2D eigenvalue weighted by Gasteiger charge is 2.14. The average Bonchev–Trinajstić information content (AvgIpc) is 2.83. The molecule has 0 saturated heterocycles. The Hall–Kier alpha value is -3.07. The standard InChI is InChI=1S/C15H13N3O3/c1-9-6-13(10(2)21-9)15(20)18-17-14(19)12-5-3-4-11(7-12)8-16/h3-7H,1-2H3,(H,17,19)(H,18,20). The number of rotatable bonds is 2. The van der Waals surface area contributed by atoms with Gasteiger partial charge in [0.1, 0.15) is 11.5 Å². The number of hydrazine groups is 1. The lowest BCUT2D eigenvalue weighted by molar-refractivity contribution is 0.0845. The molecule has 0 bridgehead atoms. The monoisotopic (exact) mass is 283 g/mol. The summed E-state index contributed by atoms with van der Waals surface area (Å²) in [7, 11) is 0. The number of nitriles is 1. The largest absolute Gasteiger partial charge is 0.466 e. The van der Waals surface area contributed by atoms with Crippen LogP contribution in [-0.2, 0) is 0 Å². The lowest BCUT2D eigenvalue weighted by Crippen LogP contribution is -2.41. The maximum absolute atomic E-state index is 11.9. The first-order valence-electron chi connectivity index (χ1n) is 6.19. The lowest BCUT2D eigenvalue weighted by Gasteiger charge is -2.06. The van der Waals surface area contributed by atoms with Crippen molar-refractivity contribution in [3.8, 4) is 6.07 Å². The van der Waals surface area contributed by atoms with Crippen LogP contribution < -0.4 is 10.9 Å². The van der Waals surface area contributed by atoms with Gasteiger partial charge in [-0.05, 0) is 38.1 Å². The van der Waals surface area contributed by atoms with Crippen molar-refractivity contribution in [1.82, 2.24) is 10.9 Å². The predicted molar refractivity (Wildman–Crippen MR) is 74.3 cm³/mol. The quantitative estimate of drug-likeness (QED) is 0.822. The molecule has 0 spiro atoms. The molecular weight excluding hydrogens is 270 g/mol. The maximum atomic E-state index is 11.9. The normalized spacial score (nSPS) is 9.76. The molecule has 106 valence electrons. The van der Waals surface area contributed by atoms with Crippen LogP contribution in [0.4, 0.5) is 0 Å². The summed E-state index contributed by atoms with van der Waals surface area (Å²) in [6.07, 6.45) is 0. The van der Waals surface area contributed by atoms with Gasteiger partial charge in [-0.15, -0.1) is 0 Å². The molecule has 0 radical (unpaired) electrons. The van der Waals surface area contributed by atoms with E-state index in [2.05, 4.69) is 10.9 Å². The third-order valence-corrected chi connectivity index (χ3v) is 2.83. The van der Waals surface area contributed by atoms with Gasteiger partial charge in [-0.1, -0.05) is 6.07 Å². The van der Waals surface area contributed by atoms with Crippen LogP contribution in [0.15, 0.2) is 34.7 Å². The Balaban J connectivity index is 2.02. The Morgan fingerprint density at radius 2 is 1.86 bits per heavy atom. The number of furan rings is 1. The van der Waals surface area contributed by atoms with Gasteiger partial charge < -0.3 is 4.42 Å². The Morgan fingerprint density at radius 1 is 1.14 bits per heavy atom. The van der Waals surface area contributed by atoms with E-state index in [1.54, 1.807) is 38.1 Å². The van der Waals surface area contributed by atoms with Crippen LogP contribution in [0.25, 0.3) is 0 Å². The fourth-order valence-electron chi connectivity index (χ4n) is 1.84. The number of hydrogen-bond donors (Lipinski definition) is 2. The van der Waals surface area contributed by atoms with Crippen LogP contribution in [0.3, 0.4) is 0 Å². The summed E-state index contributed by atoms with van der Waals surface area (Å²) in [5.74, 6) is 0.129. The Bertz CT molecular complexity index is 741. The van der Waals surface area contributed by atoms with Gasteiger partial charge in [-0.3, -0.25) is 20.4 Å². The van der Waals surface area contributed by atoms with Gasteiger partial charge in [-0.25, -0.2) is 0 Å². The zero-order valence-electron chi connectivity index (χ0n) is 11.6. The van der Waals surface area contributed by atoms with Gasteiger partial charge in [0, 0.05) is 5.56 Å². The van der Waals surface area contributed by atoms with E-state index in [9.17, 15) is 9.59 Å². The fourth-order valence-corrected chi connectivity index (χ4v) is 1.84. The molecule has 21 heavy (non-hydrogen) atoms. The molecule has 0 fully saturated rings. The fraction of sp³-hybridized carbons (Fsp3) is 0.133. The van der Waals surface area contributed by atoms with E-state index < -0.39 is 11.8 Å². The highest BCUT2D eigenvalue weighted by molar-refractivity contribution is 5.99. The number of benzene rings is 1. The SMILES string of the molecule is Cc1cc(C(=O)NNC(=O)c2cccc(C#N)c2)c(C)o1. The summed E-state index contributed by atoms with van der Waals surface area (Å²) in [6.45, 7) is 3.40. The molecule has 6 nitrogen and oxygen atoms in total. The summed E-state index contributed by atoms with van der Waals surface area (Å²) >= 11 is 0. The molecule has 1 aromatic heterocycles. The first kappa shape index (κ1) is 14.3. The van der Waals surface area contributed by atoms with Crippen LogP contribution in [-0.4, -0.2) is 11.8 Å². The average molecular weight is 283 g/mol. The number of amides is 2. The first-order chi connectivity index (χ1) is 10.0. The van der Waals surface area contributed by atoms with E-state index in [0.717, 1.165) is 0 Å². The Labute approximate surface area is 121 Å². The molecule has 2 amide bonds. The second-order valence-corrected chi connectivity index (χ2v) is 4.43. The number of nitrogens with one attached hydrogen (secondary N) is 2. The third-order valence-electron chi connectivity index (χ3n) is 2.83. The third kappa shape index (κ3) is 3.28. The zero-order chi connectivity index (χ0) is 15.4. The lowest BCUT2D eigenvalue weighted by atomic mass is 10.1. The number of carbonyl (C=O) groups excluding carboxylic acids is 2. The summed E-state index contributed by atoms with van der Waals surface area (Å²) in [5.41, 5.74) is 5.62. The molecule has 0 unspecified atom stereocenters. The molecule has 0 saturated carbocycles. The van der Waals surface area contributed by atoms with Gasteiger partial charge in [0.15, 0.2) is 0 Å². The van der Waals surface area contributed by atoms with Crippen molar-refractivity contribution in [1.29, 1.82) is 5.26 Å². The minimum atomic E-state index is -0.502. The van der Waals surface area contributed by atoms with Crippen LogP contribution >= 0.6 is 0 Å². The van der Waals surface area contributed by atoms with Gasteiger partial charge in [0.2, 0.25) is 0 Å². The van der Waals surface area contributed by atoms with E-state index >= 15 is 0 Å². The van der Waals surface area contributed by atoms with Crippen molar-refractivity contribution in [2.75, 3.05) is 0 Å². The van der Waals surface area contributed by atoms with Crippen molar-refractivity contribution in [2.45, 2.75) is 13.8 Å². The molecule has 6 heteroatoms. The number of hydrogen-bond acceptors (Lipinski definition) is 4. The number of nitrogens with zero attached hydrogens (tertiary/aromatic N) is 1. The van der Waals surface area contributed by atoms with Crippen molar-refractivity contribution in [3.63, 3.8) is 0 Å². The van der Waals surface area contributed by atoms with Crippen LogP contribution in [0, 0.1) is 25.2 Å². The van der Waals surface area contributed by atoms with E-state index in [1.807, 2.05) is 6.07 Å². The van der Waals surface area contributed by atoms with Crippen molar-refractivity contribution in [2.24, 2.45) is 0 Å². The molecule has 0 aliphatic carbocycles. The van der Waals surface area contributed by atoms with Gasteiger partial charge >= 0.3 is 0 Å². The van der Waals surface area contributed by atoms with Crippen LogP contribution in [0.2, 0.25) is 0 Å². The summed E-state index contributed by atoms with van der Waals surface area (Å²) in [5, 5.41) is 8.78. The van der Waals surface area contributed by atoms with E-state index in [0.29, 0.717) is 22.6 Å². The highest BCUT2D eigenvalue weighted by atomic mass is 16.3. The number of carbonyl (C=O) groups is 2. The van der Waals surface area contributed by atoms with Crippen molar-refractivity contribution in [3.05, 3.63) is 58.5 Å². The van der Waals surface area contributed by atoms with E-state index in [-0.39, 0.29) is 5.56 Å². The summed E-state index contributed by atoms with van der Waals surface area (Å²) < 4.78 is 5.25. The van der Waals surface area contributed by atoms with E-state index in [1.165, 1.54) is 6.07 Å². The molecular formula is C15H13N3O3. The van der Waals surface area contributed by atoms with Crippen molar-refractivity contribution < 1.29 is 14.0 Å². The Morgan fingerprint density at radius 3 is 2.48 bits per heavy atom. The maximum Gasteiger partial charge on any atom is 0.273 e. The highest BCUT2D eigenvalue weighted by Crippen LogP contribution is 2.13. The molecule has 0 aliphatic rings. The smallest absolute Gasteiger partial charge is 0.273 e. The van der Waals surface area contributed by atoms with Crippen molar-refractivity contribution >= 4 is 11.8 Å². The van der Waals surface area contributed by atoms with E-state index in [4.69, 9.17) is 9.68 Å². The predicted octanol–water partition coefficient (Wildman–Crippen LogP) is 1.84. The van der Waals surface area contributed by atoms with Crippen LogP contribution in [0.1, 0.15) is 37.8 Å². The zero-order valence-corrected chi connectivity index (χ0v) is 11.6. The molecule has 1 aromatic carbocycles. The molecule has 1 heterocycles. The van der Waals surface area contributed by atoms with Gasteiger partial charge in [-0.2, -0.15) is 5.26 Å². The van der Waals surface area contributed by atoms with Gasteiger partial charge in [0.05, 0.1) is 17.2 Å². The first-order valence-corrected chi connectivity index (χ1v) is 6.19. The number of aryl methyl sites for hydroxylation is 2. The minimum absolute atomic E-state index is 0.287. The summed E-state index contributed by atoms with van der Waals surface area (Å²) in [4.78, 5) is 23.8.